The summed E-state index contributed by atoms with van der Waals surface area (Å²) in [6.07, 6.45) is 0. The first-order valence-corrected chi connectivity index (χ1v) is 25.8. The fourth-order valence-electron chi connectivity index (χ4n) is 6.22. The summed E-state index contributed by atoms with van der Waals surface area (Å²) in [7, 11) is -20.0. The third kappa shape index (κ3) is 21.4. The molecule has 78 heavy (non-hydrogen) atoms. The van der Waals surface area contributed by atoms with Gasteiger partial charge in [0, 0.05) is 82.5 Å². The van der Waals surface area contributed by atoms with Gasteiger partial charge in [-0.1, -0.05) is 12.1 Å². The molecule has 0 saturated carbocycles. The van der Waals surface area contributed by atoms with Crippen LogP contribution >= 0.6 is 0 Å². The molecule has 0 unspecified atom stereocenters. The van der Waals surface area contributed by atoms with Crippen molar-refractivity contribution in [3.05, 3.63) is 72.8 Å². The third-order valence-corrected chi connectivity index (χ3v) is 12.8. The summed E-state index contributed by atoms with van der Waals surface area (Å²) in [4.78, 5) is -3.57. The zero-order valence-electron chi connectivity index (χ0n) is 41.4. The summed E-state index contributed by atoms with van der Waals surface area (Å²) in [5.74, 6) is -3.08. The maximum Gasteiger partial charge on any atom is 1.00 e. The molecule has 6 rings (SSSR count). The van der Waals surface area contributed by atoms with Crippen LogP contribution in [-0.2, 0) is 74.6 Å². The van der Waals surface area contributed by atoms with Crippen molar-refractivity contribution in [1.82, 2.24) is 10.6 Å². The van der Waals surface area contributed by atoms with Gasteiger partial charge in [-0.2, -0.15) is 33.7 Å². The minimum atomic E-state index is -5.17. The van der Waals surface area contributed by atoms with Crippen molar-refractivity contribution in [2.45, 2.75) is 19.6 Å². The van der Waals surface area contributed by atoms with E-state index in [-0.39, 0.29) is 191 Å². The molecule has 0 fully saturated rings. The molecule has 0 aliphatic heterocycles. The van der Waals surface area contributed by atoms with Gasteiger partial charge >= 0.3 is 86.1 Å². The molecule has 38 heteroatoms. The van der Waals surface area contributed by atoms with Crippen LogP contribution in [0.3, 0.4) is 0 Å². The van der Waals surface area contributed by atoms with E-state index in [0.717, 1.165) is 48.5 Å². The topological polar surface area (TPSA) is 505 Å². The fraction of sp³-hybridized carbons (Fsp3) is 0.200. The number of rotatable bonds is 17. The third-order valence-electron chi connectivity index (χ3n) is 9.41. The molecule has 0 bridgehead atoms. The molecule has 0 amide bonds. The van der Waals surface area contributed by atoms with E-state index in [0.29, 0.717) is 26.2 Å². The quantitative estimate of drug-likeness (QED) is 0.0133. The van der Waals surface area contributed by atoms with Crippen molar-refractivity contribution in [1.29, 1.82) is 0 Å². The molecule has 412 valence electrons. The number of anilines is 2. The number of aliphatic hydroxyl groups excluding tert-OH is 4. The Kier molecular flexibility index (Phi) is 35.1. The van der Waals surface area contributed by atoms with Crippen LogP contribution in [0.4, 0.5) is 34.1 Å². The number of nitrogen functional groups attached to an aromatic ring is 2. The first kappa shape index (κ1) is 79.3. The van der Waals surface area contributed by atoms with Crippen molar-refractivity contribution in [3.63, 3.8) is 0 Å². The van der Waals surface area contributed by atoms with Gasteiger partial charge < -0.3 is 63.0 Å². The van der Waals surface area contributed by atoms with Crippen LogP contribution in [-0.4, -0.2) is 145 Å². The van der Waals surface area contributed by atoms with Crippen molar-refractivity contribution in [2.24, 2.45) is 20.5 Å². The van der Waals surface area contributed by atoms with E-state index in [1.807, 2.05) is 0 Å². The molecule has 0 atom stereocenters. The van der Waals surface area contributed by atoms with Crippen LogP contribution in [0, 0.1) is 0 Å². The molecular weight excluding hydrogens is 1210 g/mol. The average Bonchev–Trinajstić information content (AvgIpc) is 3.28. The predicted molar refractivity (Wildman–Crippen MR) is 257 cm³/mol. The fourth-order valence-corrected chi connectivity index (χ4v) is 8.63. The van der Waals surface area contributed by atoms with Crippen LogP contribution in [0.5, 0.6) is 23.0 Å². The summed E-state index contributed by atoms with van der Waals surface area (Å²) in [6, 6.07) is 11.9. The molecule has 28 nitrogen and oxygen atoms in total. The van der Waals surface area contributed by atoms with Gasteiger partial charge in [0.05, 0.1) is 36.2 Å². The maximum atomic E-state index is 12.2. The van der Waals surface area contributed by atoms with Gasteiger partial charge in [-0.25, -0.2) is 0 Å². The number of fused-ring (bicyclic) bond motifs is 2. The number of phenolic OH excluding ortho intramolecular Hbond substituents is 4. The van der Waals surface area contributed by atoms with E-state index in [9.17, 15) is 72.3 Å². The van der Waals surface area contributed by atoms with E-state index < -0.39 is 106 Å². The zero-order chi connectivity index (χ0) is 53.9. The molecule has 0 aliphatic rings. The Morgan fingerprint density at radius 3 is 0.974 bits per heavy atom. The second kappa shape index (κ2) is 34.5. The predicted octanol–water partition coefficient (Wildman–Crippen LogP) is -9.40. The van der Waals surface area contributed by atoms with Crippen molar-refractivity contribution in [2.75, 3.05) is 64.1 Å². The number of aliphatic hydroxyl groups is 4. The molecule has 2 radical (unpaired) electrons. The van der Waals surface area contributed by atoms with Crippen molar-refractivity contribution in [3.8, 4) is 34.1 Å². The molecule has 0 saturated heterocycles. The molecule has 0 spiro atoms. The Labute approximate surface area is 525 Å². The van der Waals surface area contributed by atoms with E-state index in [2.05, 4.69) is 31.1 Å². The Balaban J connectivity index is -0.00000249. The Bertz CT molecular complexity index is 3310. The zero-order valence-corrected chi connectivity index (χ0v) is 48.5. The maximum absolute atomic E-state index is 12.2. The van der Waals surface area contributed by atoms with Gasteiger partial charge in [0.1, 0.15) is 44.0 Å². The number of nitrogens with one attached hydrogen (secondary N) is 2. The summed E-state index contributed by atoms with van der Waals surface area (Å²) in [5.41, 5.74) is 8.99. The van der Waals surface area contributed by atoms with Gasteiger partial charge in [0.2, 0.25) is 0 Å². The van der Waals surface area contributed by atoms with Crippen molar-refractivity contribution < 1.29 is 213 Å². The number of nitrogens with zero attached hydrogens (tertiary/aromatic N) is 4. The summed E-state index contributed by atoms with van der Waals surface area (Å²) in [5, 5.41) is 95.0. The largest absolute Gasteiger partial charge is 1.00 e. The van der Waals surface area contributed by atoms with Gasteiger partial charge in [0.15, 0.2) is 11.5 Å². The standard InChI is InChI=1S/C32H24N6O16S4.2C4H11NO2.2Cu.3Li.Na/c33-19-11-17(55(43,44)45)5-15-9-25(57(49,50)51)29(31(41)27(15)19)37-35-21-3-1-13(7-23(21)39)14-2-4-22(24(40)8-14)36-38-30-26(58(52,53)54)10-16-6-18(56(46,47)48)12-20(34)28(16)32(30)42;2*6-3-1-5-2-4-7;;;;;;/h1-12,39-42H,33-34H2,(H,43,44,45)(H,46,47,48)(H,49,50,51)(H,52,53,54);2*5-7H,1-4H2;;;;;;/q;;;;;4*+1. The van der Waals surface area contributed by atoms with Gasteiger partial charge in [-0.3, -0.25) is 18.2 Å². The first-order chi connectivity index (χ1) is 33.6. The second-order valence-electron chi connectivity index (χ2n) is 14.5. The molecular formula is C40H46Cu2Li3N8NaO20S4+4. The van der Waals surface area contributed by atoms with Gasteiger partial charge in [-0.15, -0.1) is 20.5 Å². The van der Waals surface area contributed by atoms with Crippen LogP contribution in [0.25, 0.3) is 32.7 Å². The number of phenols is 4. The van der Waals surface area contributed by atoms with E-state index in [1.165, 1.54) is 24.3 Å². The van der Waals surface area contributed by atoms with E-state index in [1.54, 1.807) is 0 Å². The monoisotopic (exact) mass is 1260 g/mol. The van der Waals surface area contributed by atoms with E-state index in [4.69, 9.17) is 31.9 Å². The number of aromatic hydroxyl groups is 4. The van der Waals surface area contributed by atoms with Crippen LogP contribution in [0.2, 0.25) is 0 Å². The summed E-state index contributed by atoms with van der Waals surface area (Å²) in [6.45, 7) is 2.84. The number of hydrogen-bond acceptors (Lipinski definition) is 24. The van der Waals surface area contributed by atoms with Crippen molar-refractivity contribution >= 4 is 96.1 Å². The molecule has 0 aliphatic carbocycles. The van der Waals surface area contributed by atoms with Gasteiger partial charge in [-0.05, 0) is 82.6 Å². The normalized spacial score (nSPS) is 11.3. The SMILES string of the molecule is Nc1cc(S(=O)(=O)O)cc2cc(S(=O)(=O)O)c(N=Nc3ccc(-c4ccc(N=Nc5c(S(=O)(=O)O)cc6cc(S(=O)(=O)O)cc(N)c6c5O)c(O)c4)cc3O)c(O)c12.OCCNCCO.OCCNCCO.[Cu].[Cu].[Li+].[Li+].[Li+].[Na+]. The molecule has 6 aromatic carbocycles. The second-order valence-corrected chi connectivity index (χ2v) is 20.1. The Hall–Kier alpha value is -2.93. The average molecular weight is 1260 g/mol. The Morgan fingerprint density at radius 1 is 0.436 bits per heavy atom. The molecule has 0 aromatic heterocycles. The molecule has 0 heterocycles. The Morgan fingerprint density at radius 2 is 0.731 bits per heavy atom. The minimum Gasteiger partial charge on any atom is -0.506 e. The van der Waals surface area contributed by atoms with Crippen LogP contribution in [0.1, 0.15) is 0 Å². The number of benzene rings is 6. The minimum absolute atomic E-state index is 0. The number of nitrogens with two attached hydrogens (primary N) is 2. The summed E-state index contributed by atoms with van der Waals surface area (Å²) >= 11 is 0. The summed E-state index contributed by atoms with van der Waals surface area (Å²) < 4.78 is 134. The number of azo groups is 2. The smallest absolute Gasteiger partial charge is 0.506 e. The number of hydrogen-bond donors (Lipinski definition) is 16. The molecule has 18 N–H and O–H groups in total. The molecule has 6 aromatic rings. The van der Waals surface area contributed by atoms with Gasteiger partial charge in [0.25, 0.3) is 40.5 Å². The van der Waals surface area contributed by atoms with E-state index >= 15 is 0 Å². The van der Waals surface area contributed by atoms with Crippen LogP contribution < -0.4 is 108 Å². The first-order valence-electron chi connectivity index (χ1n) is 20.0. The van der Waals surface area contributed by atoms with Crippen LogP contribution in [0.15, 0.2) is 113 Å².